The predicted octanol–water partition coefficient (Wildman–Crippen LogP) is 3.01. The van der Waals surface area contributed by atoms with Crippen LogP contribution in [0.2, 0.25) is 0 Å². The molecule has 1 aliphatic heterocycles. The van der Waals surface area contributed by atoms with Crippen LogP contribution < -0.4 is 16.0 Å². The van der Waals surface area contributed by atoms with Gasteiger partial charge in [0.15, 0.2) is 11.6 Å². The summed E-state index contributed by atoms with van der Waals surface area (Å²) in [5, 5.41) is 12.6. The number of rotatable bonds is 10. The zero-order valence-electron chi connectivity index (χ0n) is 21.8. The number of hydrogen-bond acceptors (Lipinski definition) is 10. The molecule has 0 saturated carbocycles. The molecule has 1 saturated heterocycles. The number of nitrogen functional groups attached to an aromatic ring is 1. The summed E-state index contributed by atoms with van der Waals surface area (Å²) in [5.74, 6) is -1.04. The van der Waals surface area contributed by atoms with E-state index in [1.165, 1.54) is 29.8 Å². The first-order chi connectivity index (χ1) is 18.4. The van der Waals surface area contributed by atoms with E-state index in [0.29, 0.717) is 37.9 Å². The summed E-state index contributed by atoms with van der Waals surface area (Å²) < 4.78 is 46.2. The Hall–Kier alpha value is -3.41. The van der Waals surface area contributed by atoms with E-state index in [0.717, 1.165) is 12.1 Å². The van der Waals surface area contributed by atoms with Crippen molar-refractivity contribution in [2.75, 3.05) is 63.3 Å². The van der Waals surface area contributed by atoms with Gasteiger partial charge in [0.05, 0.1) is 24.8 Å². The van der Waals surface area contributed by atoms with E-state index in [4.69, 9.17) is 10.5 Å². The second kappa shape index (κ2) is 14.3. The highest BCUT2D eigenvalue weighted by Gasteiger charge is 2.32. The molecule has 0 bridgehead atoms. The van der Waals surface area contributed by atoms with Crippen LogP contribution in [0.3, 0.4) is 0 Å². The van der Waals surface area contributed by atoms with Gasteiger partial charge in [0.2, 0.25) is 5.95 Å². The van der Waals surface area contributed by atoms with E-state index >= 15 is 0 Å². The Morgan fingerprint density at radius 3 is 2.55 bits per heavy atom. The van der Waals surface area contributed by atoms with E-state index in [2.05, 4.69) is 20.2 Å². The van der Waals surface area contributed by atoms with Gasteiger partial charge in [-0.15, -0.1) is 11.8 Å². The molecule has 3 rings (SSSR count). The summed E-state index contributed by atoms with van der Waals surface area (Å²) in [4.78, 5) is 37.5. The van der Waals surface area contributed by atoms with Crippen LogP contribution in [-0.4, -0.2) is 85.3 Å². The zero-order chi connectivity index (χ0) is 28.7. The first kappa shape index (κ1) is 32.8. The number of amides is 1. The number of benzene rings is 1. The molecule has 218 valence electrons. The van der Waals surface area contributed by atoms with Gasteiger partial charge in [-0.2, -0.15) is 23.4 Å². The molecule has 10 nitrogen and oxygen atoms in total. The SMILES string of the molecule is C.CSc1nc(N)nc(N(C)[C@@H](C)C(=O)Cc2cc(C(=O)NCCN3CCOCC3)cc(C(F)(F)F)c2)c1C#N. The topological polar surface area (TPSA) is 137 Å². The normalized spacial score (nSPS) is 14.5. The van der Waals surface area contributed by atoms with Gasteiger partial charge in [-0.1, -0.05) is 7.43 Å². The molecular weight excluding hydrogens is 547 g/mol. The van der Waals surface area contributed by atoms with Gasteiger partial charge in [-0.3, -0.25) is 14.5 Å². The number of Topliss-reactive ketones (excluding diaryl/α,β-unsaturated/α-hetero) is 1. The molecule has 0 aliphatic carbocycles. The van der Waals surface area contributed by atoms with E-state index in [-0.39, 0.29) is 48.8 Å². The summed E-state index contributed by atoms with van der Waals surface area (Å²) in [5.41, 5.74) is 4.74. The van der Waals surface area contributed by atoms with Crippen LogP contribution in [0.1, 0.15) is 41.4 Å². The molecule has 40 heavy (non-hydrogen) atoms. The number of ether oxygens (including phenoxy) is 1. The Labute approximate surface area is 236 Å². The highest BCUT2D eigenvalue weighted by atomic mass is 32.2. The lowest BCUT2D eigenvalue weighted by molar-refractivity contribution is -0.137. The monoisotopic (exact) mass is 581 g/mol. The molecule has 1 aromatic carbocycles. The average Bonchev–Trinajstić information content (AvgIpc) is 2.91. The maximum absolute atomic E-state index is 13.6. The van der Waals surface area contributed by atoms with Crippen LogP contribution in [0.15, 0.2) is 23.2 Å². The number of alkyl halides is 3. The number of nitrogens with one attached hydrogen (secondary N) is 1. The highest BCUT2D eigenvalue weighted by Crippen LogP contribution is 2.31. The number of carbonyl (C=O) groups is 2. The highest BCUT2D eigenvalue weighted by molar-refractivity contribution is 7.98. The van der Waals surface area contributed by atoms with Crippen LogP contribution in [0.25, 0.3) is 0 Å². The van der Waals surface area contributed by atoms with Crippen molar-refractivity contribution < 1.29 is 27.5 Å². The quantitative estimate of drug-likeness (QED) is 0.318. The number of nitrogens with two attached hydrogens (primary N) is 1. The van der Waals surface area contributed by atoms with Gasteiger partial charge < -0.3 is 20.7 Å². The molecular formula is C26H34F3N7O3S. The van der Waals surface area contributed by atoms with Crippen LogP contribution in [0.5, 0.6) is 0 Å². The number of ketones is 1. The summed E-state index contributed by atoms with van der Waals surface area (Å²) in [6, 6.07) is 4.08. The molecule has 1 aliphatic rings. The fourth-order valence-corrected chi connectivity index (χ4v) is 4.56. The molecule has 1 aromatic heterocycles. The van der Waals surface area contributed by atoms with Crippen molar-refractivity contribution in [1.29, 1.82) is 5.26 Å². The number of nitriles is 1. The minimum absolute atomic E-state index is 0. The Bertz CT molecular complexity index is 1250. The van der Waals surface area contributed by atoms with Crippen molar-refractivity contribution in [2.24, 2.45) is 0 Å². The second-order valence-electron chi connectivity index (χ2n) is 8.96. The van der Waals surface area contributed by atoms with Crippen molar-refractivity contribution in [3.05, 3.63) is 40.5 Å². The average molecular weight is 582 g/mol. The van der Waals surface area contributed by atoms with Crippen molar-refractivity contribution in [2.45, 2.75) is 38.0 Å². The number of aromatic nitrogens is 2. The summed E-state index contributed by atoms with van der Waals surface area (Å²) in [6.07, 6.45) is -3.37. The number of anilines is 2. The Kier molecular flexibility index (Phi) is 11.7. The fourth-order valence-electron chi connectivity index (χ4n) is 4.04. The van der Waals surface area contributed by atoms with Crippen LogP contribution in [-0.2, 0) is 22.1 Å². The third kappa shape index (κ3) is 8.30. The zero-order valence-corrected chi connectivity index (χ0v) is 22.7. The first-order valence-corrected chi connectivity index (χ1v) is 13.3. The lowest BCUT2D eigenvalue weighted by Gasteiger charge is -2.26. The van der Waals surface area contributed by atoms with Gasteiger partial charge in [-0.05, 0) is 36.9 Å². The Morgan fingerprint density at radius 2 is 1.95 bits per heavy atom. The van der Waals surface area contributed by atoms with Gasteiger partial charge in [0.25, 0.3) is 5.91 Å². The Balaban J connectivity index is 0.00000560. The molecule has 1 amide bonds. The third-order valence-corrected chi connectivity index (χ3v) is 7.02. The van der Waals surface area contributed by atoms with Gasteiger partial charge in [-0.25, -0.2) is 4.98 Å². The first-order valence-electron chi connectivity index (χ1n) is 12.1. The molecule has 1 atom stereocenters. The minimum atomic E-state index is -4.71. The largest absolute Gasteiger partial charge is 0.416 e. The van der Waals surface area contributed by atoms with Crippen molar-refractivity contribution >= 4 is 35.2 Å². The summed E-state index contributed by atoms with van der Waals surface area (Å²) >= 11 is 1.19. The van der Waals surface area contributed by atoms with E-state index in [1.807, 2.05) is 6.07 Å². The number of nitrogens with zero attached hydrogens (tertiary/aromatic N) is 5. The standard InChI is InChI=1S/C25H30F3N7O3S.CH4/c1-15(34(2)21-19(14-29)23(39-3)33-24(30)32-21)20(36)12-16-10-17(13-18(11-16)25(26,27)28)22(37)31-4-5-35-6-8-38-9-7-35;/h10-11,13,15H,4-9,12H2,1-3H3,(H,31,37)(H2,30,32,33);1H4/t15-;/m0./s1. The number of halogens is 3. The number of carbonyl (C=O) groups excluding carboxylic acids is 2. The molecule has 0 unspecified atom stereocenters. The molecule has 1 fully saturated rings. The molecule has 2 heterocycles. The minimum Gasteiger partial charge on any atom is -0.379 e. The molecule has 2 aromatic rings. The molecule has 3 N–H and O–H groups in total. The number of hydrogen-bond donors (Lipinski definition) is 2. The van der Waals surface area contributed by atoms with E-state index < -0.39 is 29.5 Å². The van der Waals surface area contributed by atoms with Gasteiger partial charge in [0.1, 0.15) is 16.7 Å². The van der Waals surface area contributed by atoms with Crippen LogP contribution in [0, 0.1) is 11.3 Å². The number of thioether (sulfide) groups is 1. The predicted molar refractivity (Wildman–Crippen MR) is 147 cm³/mol. The van der Waals surface area contributed by atoms with E-state index in [9.17, 15) is 28.0 Å². The van der Waals surface area contributed by atoms with Crippen molar-refractivity contribution in [1.82, 2.24) is 20.2 Å². The lowest BCUT2D eigenvalue weighted by atomic mass is 9.98. The summed E-state index contributed by atoms with van der Waals surface area (Å²) in [7, 11) is 1.54. The van der Waals surface area contributed by atoms with Gasteiger partial charge in [0, 0.05) is 45.2 Å². The number of likely N-dealkylation sites (N-methyl/N-ethyl adjacent to an activating group) is 1. The van der Waals surface area contributed by atoms with Crippen molar-refractivity contribution in [3.63, 3.8) is 0 Å². The fraction of sp³-hybridized carbons (Fsp3) is 0.500. The maximum Gasteiger partial charge on any atom is 0.416 e. The number of morpholine rings is 1. The second-order valence-corrected chi connectivity index (χ2v) is 9.75. The smallest absolute Gasteiger partial charge is 0.379 e. The van der Waals surface area contributed by atoms with Crippen molar-refractivity contribution in [3.8, 4) is 6.07 Å². The maximum atomic E-state index is 13.6. The molecule has 0 radical (unpaired) electrons. The molecule has 0 spiro atoms. The Morgan fingerprint density at radius 1 is 1.27 bits per heavy atom. The lowest BCUT2D eigenvalue weighted by Crippen LogP contribution is -2.41. The van der Waals surface area contributed by atoms with Gasteiger partial charge >= 0.3 is 6.18 Å². The van der Waals surface area contributed by atoms with E-state index in [1.54, 1.807) is 13.2 Å². The molecule has 14 heteroatoms. The van der Waals surface area contributed by atoms with Crippen LogP contribution >= 0.6 is 11.8 Å². The summed E-state index contributed by atoms with van der Waals surface area (Å²) in [6.45, 7) is 4.96. The third-order valence-electron chi connectivity index (χ3n) is 6.34. The van der Waals surface area contributed by atoms with Crippen LogP contribution in [0.4, 0.5) is 24.9 Å².